The normalized spacial score (nSPS) is 25.9. The number of carboxylic acids is 2. The van der Waals surface area contributed by atoms with Gasteiger partial charge in [0.25, 0.3) is 0 Å². The number of aliphatic carboxylic acids is 2. The lowest BCUT2D eigenvalue weighted by atomic mass is 9.71. The molecule has 6 heteroatoms. The Morgan fingerprint density at radius 1 is 1.30 bits per heavy atom. The highest BCUT2D eigenvalue weighted by atomic mass is 16.4. The minimum absolute atomic E-state index is 0.0619. The number of allylic oxidation sites excluding steroid dienone is 1. The maximum atomic E-state index is 11.3. The molecule has 1 rings (SSSR count). The molecule has 0 aromatic heterocycles. The molecule has 0 heterocycles. The van der Waals surface area contributed by atoms with E-state index in [1.54, 1.807) is 0 Å². The fourth-order valence-corrected chi connectivity index (χ4v) is 2.35. The maximum absolute atomic E-state index is 11.3. The summed E-state index contributed by atoms with van der Waals surface area (Å²) in [5.74, 6) is -4.94. The first-order chi connectivity index (χ1) is 9.29. The van der Waals surface area contributed by atoms with E-state index in [2.05, 4.69) is 13.2 Å². The molecule has 20 heavy (non-hydrogen) atoms. The van der Waals surface area contributed by atoms with Crippen LogP contribution in [-0.4, -0.2) is 38.0 Å². The number of carbonyl (C=O) groups is 2. The highest BCUT2D eigenvalue weighted by Gasteiger charge is 2.48. The number of rotatable bonds is 6. The lowest BCUT2D eigenvalue weighted by molar-refractivity contribution is -0.147. The summed E-state index contributed by atoms with van der Waals surface area (Å²) in [4.78, 5) is 22.5. The lowest BCUT2D eigenvalue weighted by Gasteiger charge is -2.37. The Morgan fingerprint density at radius 3 is 2.30 bits per heavy atom. The van der Waals surface area contributed by atoms with Crippen LogP contribution in [0.25, 0.3) is 0 Å². The largest absolute Gasteiger partial charge is 0.507 e. The molecular formula is C14H16O6. The fraction of sp³-hybridized carbons (Fsp3) is 0.286. The average Bonchev–Trinajstić information content (AvgIpc) is 2.33. The van der Waals surface area contributed by atoms with Gasteiger partial charge in [-0.1, -0.05) is 12.2 Å². The molecule has 0 saturated heterocycles. The molecule has 2 unspecified atom stereocenters. The zero-order valence-electron chi connectivity index (χ0n) is 10.7. The molecular weight excluding hydrogens is 264 g/mol. The Kier molecular flexibility index (Phi) is 4.52. The molecule has 1 aliphatic rings. The molecule has 0 aromatic rings. The van der Waals surface area contributed by atoms with Crippen LogP contribution in [0.15, 0.2) is 48.3 Å². The van der Waals surface area contributed by atoms with Crippen molar-refractivity contribution in [3.8, 4) is 0 Å². The number of aliphatic hydroxyl groups is 2. The second kappa shape index (κ2) is 5.75. The van der Waals surface area contributed by atoms with Crippen molar-refractivity contribution in [2.24, 2.45) is 5.92 Å². The topological polar surface area (TPSA) is 115 Å². The van der Waals surface area contributed by atoms with Gasteiger partial charge in [-0.15, -0.1) is 13.2 Å². The summed E-state index contributed by atoms with van der Waals surface area (Å²) in [6.07, 6.45) is 3.25. The Labute approximate surface area is 115 Å². The van der Waals surface area contributed by atoms with Crippen molar-refractivity contribution >= 4 is 11.9 Å². The fourth-order valence-electron chi connectivity index (χ4n) is 2.35. The van der Waals surface area contributed by atoms with Gasteiger partial charge in [-0.25, -0.2) is 4.79 Å². The summed E-state index contributed by atoms with van der Waals surface area (Å²) >= 11 is 0. The molecule has 0 radical (unpaired) electrons. The number of hydrogen-bond acceptors (Lipinski definition) is 4. The van der Waals surface area contributed by atoms with Gasteiger partial charge < -0.3 is 20.4 Å². The van der Waals surface area contributed by atoms with E-state index in [-0.39, 0.29) is 18.4 Å². The average molecular weight is 280 g/mol. The summed E-state index contributed by atoms with van der Waals surface area (Å²) in [6, 6.07) is 0. The van der Waals surface area contributed by atoms with Crippen molar-refractivity contribution in [2.45, 2.75) is 18.4 Å². The Hall–Kier alpha value is -2.34. The molecule has 6 nitrogen and oxygen atoms in total. The van der Waals surface area contributed by atoms with E-state index in [1.165, 1.54) is 12.2 Å². The molecule has 0 fully saturated rings. The van der Waals surface area contributed by atoms with Crippen LogP contribution in [0, 0.1) is 5.92 Å². The van der Waals surface area contributed by atoms with Crippen molar-refractivity contribution in [2.75, 3.05) is 0 Å². The van der Waals surface area contributed by atoms with Gasteiger partial charge in [0.1, 0.15) is 22.9 Å². The first-order valence-electron chi connectivity index (χ1n) is 5.84. The predicted octanol–water partition coefficient (Wildman–Crippen LogP) is 1.41. The van der Waals surface area contributed by atoms with Crippen molar-refractivity contribution in [1.29, 1.82) is 0 Å². The molecule has 108 valence electrons. The SMILES string of the molecule is C=CCC1=C(C(=O)O)C(O)=CC(C(=O)O)C1(O)CC=C. The molecule has 2 atom stereocenters. The Balaban J connectivity index is 3.60. The Morgan fingerprint density at radius 2 is 1.90 bits per heavy atom. The zero-order chi connectivity index (χ0) is 15.5. The van der Waals surface area contributed by atoms with Gasteiger partial charge in [0, 0.05) is 0 Å². The molecule has 4 N–H and O–H groups in total. The van der Waals surface area contributed by atoms with Gasteiger partial charge in [0.2, 0.25) is 0 Å². The quantitative estimate of drug-likeness (QED) is 0.547. The van der Waals surface area contributed by atoms with E-state index < -0.39 is 34.8 Å². The second-order valence-corrected chi connectivity index (χ2v) is 4.44. The first kappa shape index (κ1) is 15.7. The standard InChI is InChI=1S/C14H16O6/c1-3-5-8-11(13(18)19)10(15)7-9(12(16)17)14(8,20)6-4-2/h3-4,7,9,15,20H,1-2,5-6H2,(H,16,17)(H,18,19). The van der Waals surface area contributed by atoms with Gasteiger partial charge in [-0.05, 0) is 24.5 Å². The summed E-state index contributed by atoms with van der Waals surface area (Å²) in [7, 11) is 0. The molecule has 0 saturated carbocycles. The van der Waals surface area contributed by atoms with E-state index in [0.29, 0.717) is 0 Å². The minimum Gasteiger partial charge on any atom is -0.507 e. The van der Waals surface area contributed by atoms with Gasteiger partial charge >= 0.3 is 11.9 Å². The van der Waals surface area contributed by atoms with Crippen molar-refractivity contribution in [1.82, 2.24) is 0 Å². The molecule has 0 amide bonds. The van der Waals surface area contributed by atoms with E-state index in [1.807, 2.05) is 0 Å². The van der Waals surface area contributed by atoms with Crippen LogP contribution < -0.4 is 0 Å². The molecule has 1 aliphatic carbocycles. The van der Waals surface area contributed by atoms with Crippen LogP contribution in [0.1, 0.15) is 12.8 Å². The van der Waals surface area contributed by atoms with Crippen LogP contribution in [0.4, 0.5) is 0 Å². The monoisotopic (exact) mass is 280 g/mol. The van der Waals surface area contributed by atoms with Crippen molar-refractivity contribution in [3.63, 3.8) is 0 Å². The predicted molar refractivity (Wildman–Crippen MR) is 71.1 cm³/mol. The van der Waals surface area contributed by atoms with Crippen LogP contribution in [0.2, 0.25) is 0 Å². The van der Waals surface area contributed by atoms with E-state index >= 15 is 0 Å². The second-order valence-electron chi connectivity index (χ2n) is 4.44. The van der Waals surface area contributed by atoms with Crippen molar-refractivity contribution < 1.29 is 30.0 Å². The first-order valence-corrected chi connectivity index (χ1v) is 5.84. The molecule has 0 spiro atoms. The number of carboxylic acid groups (broad SMARTS) is 2. The third kappa shape index (κ3) is 2.50. The van der Waals surface area contributed by atoms with Crippen LogP contribution in [0.5, 0.6) is 0 Å². The third-order valence-corrected chi connectivity index (χ3v) is 3.20. The summed E-state index contributed by atoms with van der Waals surface area (Å²) < 4.78 is 0. The van der Waals surface area contributed by atoms with E-state index in [9.17, 15) is 24.9 Å². The van der Waals surface area contributed by atoms with E-state index in [0.717, 1.165) is 6.08 Å². The van der Waals surface area contributed by atoms with Gasteiger partial charge in [-0.3, -0.25) is 4.79 Å². The summed E-state index contributed by atoms with van der Waals surface area (Å²) in [6.45, 7) is 6.90. The van der Waals surface area contributed by atoms with Gasteiger partial charge in [0.05, 0.1) is 0 Å². The van der Waals surface area contributed by atoms with Crippen LogP contribution in [-0.2, 0) is 9.59 Å². The number of hydrogen-bond donors (Lipinski definition) is 4. The van der Waals surface area contributed by atoms with Gasteiger partial charge in [-0.2, -0.15) is 0 Å². The molecule has 0 aliphatic heterocycles. The number of aliphatic hydroxyl groups excluding tert-OH is 1. The maximum Gasteiger partial charge on any atom is 0.339 e. The summed E-state index contributed by atoms with van der Waals surface area (Å²) in [5.41, 5.74) is -2.54. The zero-order valence-corrected chi connectivity index (χ0v) is 10.7. The summed E-state index contributed by atoms with van der Waals surface area (Å²) in [5, 5.41) is 38.7. The minimum atomic E-state index is -1.96. The molecule has 0 aromatic carbocycles. The molecule has 0 bridgehead atoms. The Bertz CT molecular complexity index is 528. The smallest absolute Gasteiger partial charge is 0.339 e. The van der Waals surface area contributed by atoms with Crippen molar-refractivity contribution in [3.05, 3.63) is 48.3 Å². The van der Waals surface area contributed by atoms with Crippen LogP contribution >= 0.6 is 0 Å². The van der Waals surface area contributed by atoms with Crippen LogP contribution in [0.3, 0.4) is 0 Å². The van der Waals surface area contributed by atoms with E-state index in [4.69, 9.17) is 5.11 Å². The lowest BCUT2D eigenvalue weighted by Crippen LogP contribution is -2.46. The van der Waals surface area contributed by atoms with Gasteiger partial charge in [0.15, 0.2) is 0 Å². The highest BCUT2D eigenvalue weighted by molar-refractivity contribution is 5.94. The highest BCUT2D eigenvalue weighted by Crippen LogP contribution is 2.41. The third-order valence-electron chi connectivity index (χ3n) is 3.20.